The molecule has 0 aliphatic rings. The molecule has 2 aromatic rings. The lowest BCUT2D eigenvalue weighted by molar-refractivity contribution is 0.597. The second-order valence-corrected chi connectivity index (χ2v) is 10.4. The van der Waals surface area contributed by atoms with E-state index >= 15 is 0 Å². The molecular weight excluding hydrogens is 406 g/mol. The molecule has 0 aromatic heterocycles. The van der Waals surface area contributed by atoms with E-state index in [2.05, 4.69) is 31.7 Å². The van der Waals surface area contributed by atoms with Crippen molar-refractivity contribution in [1.29, 1.82) is 0 Å². The fraction of sp³-hybridized carbons (Fsp3) is 0.143. The summed E-state index contributed by atoms with van der Waals surface area (Å²) in [5.41, 5.74) is 1.32. The number of sulfone groups is 1. The number of thiol groups is 1. The maximum Gasteiger partial charge on any atom is 0.266 e. The minimum Gasteiger partial charge on any atom is -0.220 e. The molecule has 0 radical (unpaired) electrons. The van der Waals surface area contributed by atoms with Gasteiger partial charge in [0, 0.05) is 0 Å². The lowest BCUT2D eigenvalue weighted by Crippen LogP contribution is -2.19. The van der Waals surface area contributed by atoms with E-state index in [4.69, 9.17) is 46.4 Å². The van der Waals surface area contributed by atoms with Gasteiger partial charge in [-0.25, -0.2) is 8.42 Å². The number of benzene rings is 2. The first kappa shape index (κ1) is 19.9. The summed E-state index contributed by atoms with van der Waals surface area (Å²) in [6.07, 6.45) is 0. The lowest BCUT2D eigenvalue weighted by Gasteiger charge is -2.13. The van der Waals surface area contributed by atoms with Gasteiger partial charge in [0.15, 0.2) is 0 Å². The Hall–Kier alpha value is -0.1000. The van der Waals surface area contributed by atoms with Crippen LogP contribution in [-0.2, 0) is 9.84 Å². The Morgan fingerprint density at radius 3 is 1.86 bits per heavy atom. The molecule has 0 fully saturated rings. The smallest absolute Gasteiger partial charge is 0.220 e. The minimum absolute atomic E-state index is 0.101. The van der Waals surface area contributed by atoms with Crippen molar-refractivity contribution in [2.75, 3.05) is 0 Å². The van der Waals surface area contributed by atoms with Crippen molar-refractivity contribution in [2.45, 2.75) is 14.8 Å². The maximum absolute atomic E-state index is 11.7. The number of hydrogen-bond donors (Lipinski definition) is 1. The van der Waals surface area contributed by atoms with Gasteiger partial charge in [-0.1, -0.05) is 82.3 Å². The Balaban J connectivity index is 0.000000287. The van der Waals surface area contributed by atoms with Gasteiger partial charge in [-0.3, -0.25) is 0 Å². The van der Waals surface area contributed by atoms with Gasteiger partial charge in [-0.15, -0.1) is 12.6 Å². The molecule has 0 spiro atoms. The molecule has 0 unspecified atom stereocenters. The second-order valence-electron chi connectivity index (χ2n) is 4.22. The van der Waals surface area contributed by atoms with E-state index in [0.29, 0.717) is 0 Å². The molecule has 120 valence electrons. The molecule has 2 nitrogen and oxygen atoms in total. The van der Waals surface area contributed by atoms with Crippen molar-refractivity contribution in [3.05, 3.63) is 64.1 Å². The quantitative estimate of drug-likeness (QED) is 0.496. The monoisotopic (exact) mass is 416 g/mol. The van der Waals surface area contributed by atoms with Crippen LogP contribution in [-0.4, -0.2) is 11.4 Å². The van der Waals surface area contributed by atoms with Crippen LogP contribution in [0.1, 0.15) is 5.56 Å². The molecule has 0 aliphatic heterocycles. The zero-order valence-electron chi connectivity index (χ0n) is 11.3. The van der Waals surface area contributed by atoms with Gasteiger partial charge in [0.05, 0.1) is 14.9 Å². The average molecular weight is 418 g/mol. The van der Waals surface area contributed by atoms with Crippen LogP contribution in [0.5, 0.6) is 0 Å². The molecule has 0 amide bonds. The fourth-order valence-electron chi connectivity index (χ4n) is 1.32. The third-order valence-corrected chi connectivity index (χ3v) is 6.67. The van der Waals surface area contributed by atoms with Crippen LogP contribution < -0.4 is 0 Å². The van der Waals surface area contributed by atoms with Gasteiger partial charge < -0.3 is 0 Å². The standard InChI is InChI=1S/C7H4Cl4O2S2.C7H8/c8-5-2-1-4(3-6(5)9)15(12,13)7(10,11)14;1-7-5-3-2-4-6-7/h1-3,14H;2-6H,1H3. The highest BCUT2D eigenvalue weighted by atomic mass is 35.5. The molecule has 0 saturated carbocycles. The van der Waals surface area contributed by atoms with E-state index in [1.165, 1.54) is 17.7 Å². The Morgan fingerprint density at radius 1 is 0.955 bits per heavy atom. The van der Waals surface area contributed by atoms with Crippen molar-refractivity contribution in [2.24, 2.45) is 0 Å². The SMILES string of the molecule is Cc1ccccc1.O=S(=O)(c1ccc(Cl)c(Cl)c1)C(S)(Cl)Cl. The van der Waals surface area contributed by atoms with E-state index in [1.54, 1.807) is 0 Å². The predicted octanol–water partition coefficient (Wildman–Crippen LogP) is 5.78. The summed E-state index contributed by atoms with van der Waals surface area (Å²) >= 11 is 25.7. The minimum atomic E-state index is -3.96. The third kappa shape index (κ3) is 5.52. The molecule has 8 heteroatoms. The summed E-state index contributed by atoms with van der Waals surface area (Å²) in [5, 5.41) is 0.341. The van der Waals surface area contributed by atoms with Crippen molar-refractivity contribution in [3.63, 3.8) is 0 Å². The van der Waals surface area contributed by atoms with Crippen LogP contribution in [0.2, 0.25) is 10.0 Å². The fourth-order valence-corrected chi connectivity index (χ4v) is 3.34. The van der Waals surface area contributed by atoms with Crippen LogP contribution in [0.15, 0.2) is 53.4 Å². The molecule has 0 saturated heterocycles. The lowest BCUT2D eigenvalue weighted by atomic mass is 10.2. The van der Waals surface area contributed by atoms with E-state index in [0.717, 1.165) is 6.07 Å². The van der Waals surface area contributed by atoms with Crippen LogP contribution >= 0.6 is 59.0 Å². The molecule has 0 heterocycles. The summed E-state index contributed by atoms with van der Waals surface area (Å²) in [6, 6.07) is 14.0. The van der Waals surface area contributed by atoms with E-state index < -0.39 is 12.8 Å². The van der Waals surface area contributed by atoms with Crippen LogP contribution in [0.25, 0.3) is 0 Å². The van der Waals surface area contributed by atoms with Gasteiger partial charge in [0.2, 0.25) is 9.84 Å². The van der Waals surface area contributed by atoms with E-state index in [1.807, 2.05) is 18.2 Å². The summed E-state index contributed by atoms with van der Waals surface area (Å²) in [5.74, 6) is 0. The van der Waals surface area contributed by atoms with Crippen LogP contribution in [0.3, 0.4) is 0 Å². The Labute approximate surface area is 155 Å². The van der Waals surface area contributed by atoms with Gasteiger partial charge in [0.1, 0.15) is 0 Å². The Kier molecular flexibility index (Phi) is 7.37. The van der Waals surface area contributed by atoms with Crippen molar-refractivity contribution >= 4 is 68.9 Å². The van der Waals surface area contributed by atoms with Crippen molar-refractivity contribution in [3.8, 4) is 0 Å². The number of hydrogen-bond acceptors (Lipinski definition) is 3. The van der Waals surface area contributed by atoms with Gasteiger partial charge in [-0.2, -0.15) is 0 Å². The summed E-state index contributed by atoms with van der Waals surface area (Å²) < 4.78 is 21.1. The highest BCUT2D eigenvalue weighted by Crippen LogP contribution is 2.38. The Bertz CT molecular complexity index is 726. The highest BCUT2D eigenvalue weighted by molar-refractivity contribution is 8.10. The first-order valence-electron chi connectivity index (χ1n) is 5.87. The largest absolute Gasteiger partial charge is 0.266 e. The molecule has 0 N–H and O–H groups in total. The van der Waals surface area contributed by atoms with Crippen LogP contribution in [0.4, 0.5) is 0 Å². The maximum atomic E-state index is 11.7. The zero-order valence-corrected chi connectivity index (χ0v) is 16.0. The summed E-state index contributed by atoms with van der Waals surface area (Å²) in [7, 11) is -3.96. The van der Waals surface area contributed by atoms with Crippen molar-refractivity contribution in [1.82, 2.24) is 0 Å². The number of halogens is 4. The van der Waals surface area contributed by atoms with Crippen molar-refractivity contribution < 1.29 is 8.42 Å². The topological polar surface area (TPSA) is 34.1 Å². The highest BCUT2D eigenvalue weighted by Gasteiger charge is 2.37. The predicted molar refractivity (Wildman–Crippen MR) is 98.2 cm³/mol. The van der Waals surface area contributed by atoms with Crippen LogP contribution in [0, 0.1) is 6.92 Å². The van der Waals surface area contributed by atoms with E-state index in [9.17, 15) is 8.42 Å². The normalized spacial score (nSPS) is 11.5. The first-order chi connectivity index (χ1) is 10.1. The van der Waals surface area contributed by atoms with E-state index in [-0.39, 0.29) is 14.9 Å². The summed E-state index contributed by atoms with van der Waals surface area (Å²) in [4.78, 5) is -0.142. The Morgan fingerprint density at radius 2 is 1.50 bits per heavy atom. The first-order valence-corrected chi connectivity index (χ1v) is 9.31. The number of rotatable bonds is 2. The second kappa shape index (κ2) is 8.13. The number of aryl methyl sites for hydroxylation is 1. The van der Waals surface area contributed by atoms with Gasteiger partial charge >= 0.3 is 0 Å². The average Bonchev–Trinajstić information content (AvgIpc) is 2.42. The molecule has 0 atom stereocenters. The van der Waals surface area contributed by atoms with Gasteiger partial charge in [0.25, 0.3) is 3.00 Å². The molecular formula is C14H12Cl4O2S2. The third-order valence-electron chi connectivity index (χ3n) is 2.47. The van der Waals surface area contributed by atoms with Gasteiger partial charge in [-0.05, 0) is 25.1 Å². The number of alkyl halides is 2. The molecule has 2 aromatic carbocycles. The molecule has 0 aliphatic carbocycles. The summed E-state index contributed by atoms with van der Waals surface area (Å²) in [6.45, 7) is 2.08. The molecule has 0 bridgehead atoms. The molecule has 2 rings (SSSR count). The molecule has 22 heavy (non-hydrogen) atoms. The zero-order chi connectivity index (χ0) is 17.0.